The van der Waals surface area contributed by atoms with Gasteiger partial charge in [-0.25, -0.2) is 4.90 Å². The van der Waals surface area contributed by atoms with Gasteiger partial charge in [-0.2, -0.15) is 0 Å². The third-order valence-electron chi connectivity index (χ3n) is 10.9. The van der Waals surface area contributed by atoms with Crippen LogP contribution in [0.15, 0.2) is 72.8 Å². The van der Waals surface area contributed by atoms with Crippen molar-refractivity contribution in [3.05, 3.63) is 98.6 Å². The third-order valence-corrected chi connectivity index (χ3v) is 11.6. The summed E-state index contributed by atoms with van der Waals surface area (Å²) in [6.07, 6.45) is 10.1. The molecule has 6 aromatic carbocycles. The molecule has 1 atom stereocenters. The number of amides is 4. The number of anilines is 1. The zero-order valence-electron chi connectivity index (χ0n) is 28.5. The molecule has 0 aromatic heterocycles. The highest BCUT2D eigenvalue weighted by molar-refractivity contribution is 14.1. The first kappa shape index (κ1) is 32.8. The lowest BCUT2D eigenvalue weighted by molar-refractivity contribution is 0.0577. The van der Waals surface area contributed by atoms with Crippen molar-refractivity contribution in [2.45, 2.75) is 71.6 Å². The number of hydrogen-bond acceptors (Lipinski definition) is 4. The average Bonchev–Trinajstić information content (AvgIpc) is 3.13. The van der Waals surface area contributed by atoms with E-state index in [1.807, 2.05) is 60.7 Å². The standard InChI is InChI=1S/C43H39IN2O4/c1-3-5-7-9-11-25(10-8-6-4-2)24-45-40(47)32-20-16-28-30-18-22-34-39-35(43(50)46(42(34)49)27-14-12-26(44)13-15-27)23-19-31(37(30)39)29-17-21-33(41(45)48)38(32)36(28)29/h12-23,25H,3-11,24H2,1-2H3. The molecule has 1 unspecified atom stereocenters. The predicted octanol–water partition coefficient (Wildman–Crippen LogP) is 10.9. The van der Waals surface area contributed by atoms with E-state index in [-0.39, 0.29) is 23.6 Å². The lowest BCUT2D eigenvalue weighted by Crippen LogP contribution is -2.43. The molecule has 50 heavy (non-hydrogen) atoms. The lowest BCUT2D eigenvalue weighted by atomic mass is 9.82. The molecule has 0 spiro atoms. The molecule has 252 valence electrons. The number of carbonyl (C=O) groups excluding carboxylic acids is 4. The van der Waals surface area contributed by atoms with Crippen LogP contribution < -0.4 is 4.90 Å². The van der Waals surface area contributed by atoms with Crippen molar-refractivity contribution >= 4 is 95.0 Å². The smallest absolute Gasteiger partial charge is 0.265 e. The fourth-order valence-corrected chi connectivity index (χ4v) is 8.80. The second-order valence-electron chi connectivity index (χ2n) is 14.0. The number of fused-ring (bicyclic) bond motifs is 2. The molecule has 0 saturated carbocycles. The number of rotatable bonds is 12. The Morgan fingerprint density at radius 1 is 0.500 bits per heavy atom. The highest BCUT2D eigenvalue weighted by Crippen LogP contribution is 2.46. The van der Waals surface area contributed by atoms with E-state index in [2.05, 4.69) is 36.4 Å². The van der Waals surface area contributed by atoms with Gasteiger partial charge in [0.1, 0.15) is 0 Å². The lowest BCUT2D eigenvalue weighted by Gasteiger charge is -2.32. The molecular weight excluding hydrogens is 735 g/mol. The molecule has 6 aromatic rings. The Balaban J connectivity index is 1.23. The molecule has 0 bridgehead atoms. The van der Waals surface area contributed by atoms with Gasteiger partial charge in [0.25, 0.3) is 23.6 Å². The normalized spacial score (nSPS) is 15.1. The van der Waals surface area contributed by atoms with Crippen molar-refractivity contribution in [3.63, 3.8) is 0 Å². The molecule has 0 saturated heterocycles. The fourth-order valence-electron chi connectivity index (χ4n) is 8.44. The van der Waals surface area contributed by atoms with Crippen LogP contribution in [0.4, 0.5) is 5.69 Å². The van der Waals surface area contributed by atoms with Gasteiger partial charge in [0.05, 0.1) is 5.69 Å². The molecule has 4 amide bonds. The summed E-state index contributed by atoms with van der Waals surface area (Å²) in [5.41, 5.74) is 2.63. The first-order chi connectivity index (χ1) is 24.3. The molecule has 2 aliphatic rings. The minimum Gasteiger partial charge on any atom is -0.274 e. The second kappa shape index (κ2) is 13.1. The maximum atomic E-state index is 14.2. The first-order valence-electron chi connectivity index (χ1n) is 18.0. The highest BCUT2D eigenvalue weighted by atomic mass is 127. The summed E-state index contributed by atoms with van der Waals surface area (Å²) in [5.74, 6) is -0.846. The van der Waals surface area contributed by atoms with Crippen molar-refractivity contribution in [2.24, 2.45) is 5.92 Å². The van der Waals surface area contributed by atoms with E-state index in [0.717, 1.165) is 74.4 Å². The largest absolute Gasteiger partial charge is 0.274 e. The van der Waals surface area contributed by atoms with Gasteiger partial charge in [-0.05, 0) is 122 Å². The predicted molar refractivity (Wildman–Crippen MR) is 210 cm³/mol. The number of imide groups is 2. The summed E-state index contributed by atoms with van der Waals surface area (Å²) in [4.78, 5) is 59.1. The minimum absolute atomic E-state index is 0.219. The van der Waals surface area contributed by atoms with E-state index < -0.39 is 0 Å². The Kier molecular flexibility index (Phi) is 8.58. The molecule has 7 heteroatoms. The van der Waals surface area contributed by atoms with Crippen LogP contribution in [-0.4, -0.2) is 35.1 Å². The van der Waals surface area contributed by atoms with Crippen molar-refractivity contribution in [1.29, 1.82) is 0 Å². The second-order valence-corrected chi connectivity index (χ2v) is 15.2. The highest BCUT2D eigenvalue weighted by Gasteiger charge is 2.38. The first-order valence-corrected chi connectivity index (χ1v) is 19.1. The number of carbonyl (C=O) groups is 4. The van der Waals surface area contributed by atoms with E-state index in [1.54, 1.807) is 12.1 Å². The van der Waals surface area contributed by atoms with E-state index in [1.165, 1.54) is 29.1 Å². The van der Waals surface area contributed by atoms with Gasteiger partial charge in [0.15, 0.2) is 0 Å². The van der Waals surface area contributed by atoms with Crippen molar-refractivity contribution in [2.75, 3.05) is 11.4 Å². The van der Waals surface area contributed by atoms with Crippen LogP contribution in [0.25, 0.3) is 43.1 Å². The Hall–Kier alpha value is -4.37. The van der Waals surface area contributed by atoms with Crippen molar-refractivity contribution < 1.29 is 19.2 Å². The van der Waals surface area contributed by atoms with Gasteiger partial charge in [-0.1, -0.05) is 83.1 Å². The molecule has 6 nitrogen and oxygen atoms in total. The summed E-state index contributed by atoms with van der Waals surface area (Å²) >= 11 is 2.20. The van der Waals surface area contributed by atoms with Crippen LogP contribution in [0.1, 0.15) is 113 Å². The summed E-state index contributed by atoms with van der Waals surface area (Å²) in [6.45, 7) is 4.87. The van der Waals surface area contributed by atoms with Crippen LogP contribution in [0.2, 0.25) is 0 Å². The summed E-state index contributed by atoms with van der Waals surface area (Å²) in [5, 5.41) is 6.68. The SMILES string of the molecule is CCCCCCC(CCCCC)CN1C(=O)c2ccc3c4ccc5c6c(ccc(c7ccc(c2c37)C1=O)c64)C(=O)N(c1ccc(I)cc1)C5=O. The van der Waals surface area contributed by atoms with Gasteiger partial charge in [-0.3, -0.25) is 24.1 Å². The molecule has 2 aliphatic heterocycles. The zero-order chi connectivity index (χ0) is 34.7. The quantitative estimate of drug-likeness (QED) is 0.0408. The van der Waals surface area contributed by atoms with Gasteiger partial charge in [0, 0.05) is 43.1 Å². The van der Waals surface area contributed by atoms with Crippen LogP contribution in [-0.2, 0) is 0 Å². The maximum Gasteiger partial charge on any atom is 0.265 e. The summed E-state index contributed by atoms with van der Waals surface area (Å²) in [7, 11) is 0. The Morgan fingerprint density at radius 3 is 1.38 bits per heavy atom. The number of unbranched alkanes of at least 4 members (excludes halogenated alkanes) is 5. The van der Waals surface area contributed by atoms with Crippen molar-refractivity contribution in [1.82, 2.24) is 4.90 Å². The molecular formula is C43H39IN2O4. The molecule has 8 rings (SSSR count). The van der Waals surface area contributed by atoms with Crippen LogP contribution in [0.3, 0.4) is 0 Å². The van der Waals surface area contributed by atoms with Crippen LogP contribution >= 0.6 is 22.6 Å². The molecule has 0 radical (unpaired) electrons. The maximum absolute atomic E-state index is 14.2. The third kappa shape index (κ3) is 5.10. The van der Waals surface area contributed by atoms with E-state index in [9.17, 15) is 19.2 Å². The minimum atomic E-state index is -0.349. The Morgan fingerprint density at radius 2 is 0.920 bits per heavy atom. The average molecular weight is 775 g/mol. The molecule has 0 N–H and O–H groups in total. The number of nitrogens with zero attached hydrogens (tertiary/aromatic N) is 2. The van der Waals surface area contributed by atoms with Gasteiger partial charge >= 0.3 is 0 Å². The topological polar surface area (TPSA) is 74.8 Å². The molecule has 0 fully saturated rings. The van der Waals surface area contributed by atoms with Gasteiger partial charge in [0.2, 0.25) is 0 Å². The molecule has 0 aliphatic carbocycles. The Labute approximate surface area is 305 Å². The van der Waals surface area contributed by atoms with Crippen molar-refractivity contribution in [3.8, 4) is 0 Å². The van der Waals surface area contributed by atoms with Crippen LogP contribution in [0.5, 0.6) is 0 Å². The Bertz CT molecular complexity index is 2240. The van der Waals surface area contributed by atoms with E-state index in [4.69, 9.17) is 0 Å². The monoisotopic (exact) mass is 774 g/mol. The zero-order valence-corrected chi connectivity index (χ0v) is 30.6. The number of benzene rings is 6. The van der Waals surface area contributed by atoms with Crippen LogP contribution in [0, 0.1) is 9.49 Å². The van der Waals surface area contributed by atoms with Gasteiger partial charge < -0.3 is 0 Å². The summed E-state index contributed by atoms with van der Waals surface area (Å²) in [6, 6.07) is 22.6. The molecule has 2 heterocycles. The number of halogens is 1. The number of hydrogen-bond donors (Lipinski definition) is 0. The fraction of sp³-hybridized carbons (Fsp3) is 0.302. The van der Waals surface area contributed by atoms with Gasteiger partial charge in [-0.15, -0.1) is 0 Å². The van der Waals surface area contributed by atoms with E-state index >= 15 is 0 Å². The van der Waals surface area contributed by atoms with E-state index in [0.29, 0.717) is 51.2 Å². The summed E-state index contributed by atoms with van der Waals surface area (Å²) < 4.78 is 1.02.